The van der Waals surface area contributed by atoms with Gasteiger partial charge >= 0.3 is 0 Å². The van der Waals surface area contributed by atoms with Crippen LogP contribution in [0.4, 0.5) is 0 Å². The van der Waals surface area contributed by atoms with Crippen LogP contribution < -0.4 is 0 Å². The largest absolute Gasteiger partial charge is 0.264 e. The lowest BCUT2D eigenvalue weighted by Crippen LogP contribution is -2.25. The molecule has 1 heteroatoms. The Kier molecular flexibility index (Phi) is 2.14. The molecule has 1 heterocycles. The number of hydrogen-bond acceptors (Lipinski definition) is 1. The SMILES string of the molecule is C1=CC2C(C1)C1CC(Cc3cccnc3)C2C1. The molecule has 0 N–H and O–H groups in total. The third-order valence-corrected chi connectivity index (χ3v) is 5.37. The number of hydrogen-bond donors (Lipinski definition) is 0. The molecule has 2 fully saturated rings. The third kappa shape index (κ3) is 1.48. The van der Waals surface area contributed by atoms with Gasteiger partial charge in [-0.2, -0.15) is 0 Å². The summed E-state index contributed by atoms with van der Waals surface area (Å²) in [6.45, 7) is 0. The molecular weight excluding hydrogens is 206 g/mol. The average Bonchev–Trinajstić information content (AvgIpc) is 3.01. The van der Waals surface area contributed by atoms with Crippen LogP contribution in [0.25, 0.3) is 0 Å². The zero-order valence-electron chi connectivity index (χ0n) is 10.1. The van der Waals surface area contributed by atoms with Crippen molar-refractivity contribution in [2.45, 2.75) is 25.7 Å². The molecule has 0 aromatic carbocycles. The third-order valence-electron chi connectivity index (χ3n) is 5.37. The van der Waals surface area contributed by atoms with Crippen molar-refractivity contribution in [3.05, 3.63) is 42.2 Å². The summed E-state index contributed by atoms with van der Waals surface area (Å²) in [6.07, 6.45) is 14.5. The smallest absolute Gasteiger partial charge is 0.0299 e. The number of allylic oxidation sites excluding steroid dienone is 2. The molecule has 0 aliphatic heterocycles. The first-order chi connectivity index (χ1) is 8.42. The number of nitrogens with zero attached hydrogens (tertiary/aromatic N) is 1. The minimum atomic E-state index is 0.924. The summed E-state index contributed by atoms with van der Waals surface area (Å²) in [6, 6.07) is 4.31. The summed E-state index contributed by atoms with van der Waals surface area (Å²) in [4.78, 5) is 4.24. The predicted molar refractivity (Wildman–Crippen MR) is 68.4 cm³/mol. The van der Waals surface area contributed by atoms with Crippen molar-refractivity contribution in [2.75, 3.05) is 0 Å². The standard InChI is InChI=1S/C16H19N/c1-4-14-13-8-12(16(9-13)15(14)5-1)7-11-3-2-6-17-10-11/h1-3,5-6,10,12-16H,4,7-9H2. The van der Waals surface area contributed by atoms with Crippen LogP contribution in [0.2, 0.25) is 0 Å². The van der Waals surface area contributed by atoms with Gasteiger partial charge in [0, 0.05) is 12.4 Å². The van der Waals surface area contributed by atoms with E-state index in [9.17, 15) is 0 Å². The molecule has 1 aromatic heterocycles. The van der Waals surface area contributed by atoms with Crippen LogP contribution >= 0.6 is 0 Å². The van der Waals surface area contributed by atoms with Crippen LogP contribution in [0.3, 0.4) is 0 Å². The van der Waals surface area contributed by atoms with Crippen molar-refractivity contribution < 1.29 is 0 Å². The van der Waals surface area contributed by atoms with E-state index in [2.05, 4.69) is 29.3 Å². The van der Waals surface area contributed by atoms with Crippen molar-refractivity contribution in [1.82, 2.24) is 4.98 Å². The summed E-state index contributed by atoms with van der Waals surface area (Å²) < 4.78 is 0. The molecule has 88 valence electrons. The fourth-order valence-corrected chi connectivity index (χ4v) is 4.74. The summed E-state index contributed by atoms with van der Waals surface area (Å²) in [5, 5.41) is 0. The normalized spacial score (nSPS) is 42.0. The Balaban J connectivity index is 1.53. The number of rotatable bonds is 2. The van der Waals surface area contributed by atoms with Crippen molar-refractivity contribution in [3.63, 3.8) is 0 Å². The number of fused-ring (bicyclic) bond motifs is 5. The van der Waals surface area contributed by atoms with E-state index < -0.39 is 0 Å². The fraction of sp³-hybridized carbons (Fsp3) is 0.562. The molecule has 17 heavy (non-hydrogen) atoms. The Bertz CT molecular complexity index is 436. The molecule has 2 bridgehead atoms. The molecule has 1 aromatic rings. The van der Waals surface area contributed by atoms with Gasteiger partial charge in [-0.05, 0) is 66.9 Å². The molecule has 3 aliphatic carbocycles. The zero-order valence-corrected chi connectivity index (χ0v) is 10.1. The van der Waals surface area contributed by atoms with Crippen molar-refractivity contribution in [2.24, 2.45) is 29.6 Å². The predicted octanol–water partition coefficient (Wildman–Crippen LogP) is 3.47. The van der Waals surface area contributed by atoms with Gasteiger partial charge in [0.15, 0.2) is 0 Å². The molecule has 3 aliphatic rings. The van der Waals surface area contributed by atoms with Crippen LogP contribution in [-0.2, 0) is 6.42 Å². The van der Waals surface area contributed by atoms with E-state index in [0.717, 1.165) is 29.6 Å². The van der Waals surface area contributed by atoms with Crippen LogP contribution in [0.15, 0.2) is 36.7 Å². The molecule has 0 radical (unpaired) electrons. The molecule has 5 atom stereocenters. The Morgan fingerprint density at radius 2 is 2.24 bits per heavy atom. The van der Waals surface area contributed by atoms with Crippen molar-refractivity contribution >= 4 is 0 Å². The molecule has 4 rings (SSSR count). The number of pyridine rings is 1. The van der Waals surface area contributed by atoms with Gasteiger partial charge in [0.05, 0.1) is 0 Å². The van der Waals surface area contributed by atoms with Gasteiger partial charge in [0.2, 0.25) is 0 Å². The van der Waals surface area contributed by atoms with Gasteiger partial charge in [-0.1, -0.05) is 18.2 Å². The van der Waals surface area contributed by atoms with E-state index in [1.54, 1.807) is 0 Å². The highest BCUT2D eigenvalue weighted by Crippen LogP contribution is 2.59. The van der Waals surface area contributed by atoms with E-state index in [4.69, 9.17) is 0 Å². The summed E-state index contributed by atoms with van der Waals surface area (Å²) >= 11 is 0. The minimum absolute atomic E-state index is 0.924. The molecule has 0 spiro atoms. The van der Waals surface area contributed by atoms with Gasteiger partial charge in [-0.3, -0.25) is 4.98 Å². The second kappa shape index (κ2) is 3.69. The maximum atomic E-state index is 4.24. The van der Waals surface area contributed by atoms with E-state index >= 15 is 0 Å². The van der Waals surface area contributed by atoms with Crippen molar-refractivity contribution in [3.8, 4) is 0 Å². The molecule has 0 saturated heterocycles. The van der Waals surface area contributed by atoms with Crippen LogP contribution in [0.1, 0.15) is 24.8 Å². The molecule has 0 amide bonds. The zero-order chi connectivity index (χ0) is 11.2. The first kappa shape index (κ1) is 9.87. The molecule has 1 nitrogen and oxygen atoms in total. The van der Waals surface area contributed by atoms with Crippen LogP contribution in [0.5, 0.6) is 0 Å². The van der Waals surface area contributed by atoms with Gasteiger partial charge in [-0.15, -0.1) is 0 Å². The lowest BCUT2D eigenvalue weighted by Gasteiger charge is -2.31. The summed E-state index contributed by atoms with van der Waals surface area (Å²) in [5.74, 6) is 4.87. The topological polar surface area (TPSA) is 12.9 Å². The minimum Gasteiger partial charge on any atom is -0.264 e. The lowest BCUT2D eigenvalue weighted by atomic mass is 9.74. The lowest BCUT2D eigenvalue weighted by molar-refractivity contribution is 0.210. The monoisotopic (exact) mass is 225 g/mol. The summed E-state index contributed by atoms with van der Waals surface area (Å²) in [7, 11) is 0. The highest BCUT2D eigenvalue weighted by Gasteiger charge is 2.51. The Morgan fingerprint density at radius 1 is 1.24 bits per heavy atom. The first-order valence-corrected chi connectivity index (χ1v) is 6.97. The second-order valence-corrected chi connectivity index (χ2v) is 6.13. The van der Waals surface area contributed by atoms with Gasteiger partial charge in [0.25, 0.3) is 0 Å². The summed E-state index contributed by atoms with van der Waals surface area (Å²) in [5.41, 5.74) is 1.43. The number of aromatic nitrogens is 1. The Morgan fingerprint density at radius 3 is 3.12 bits per heavy atom. The van der Waals surface area contributed by atoms with Gasteiger partial charge in [-0.25, -0.2) is 0 Å². The van der Waals surface area contributed by atoms with E-state index in [1.165, 1.54) is 31.2 Å². The first-order valence-electron chi connectivity index (χ1n) is 6.97. The van der Waals surface area contributed by atoms with E-state index in [-0.39, 0.29) is 0 Å². The molecular formula is C16H19N. The van der Waals surface area contributed by atoms with Crippen LogP contribution in [0, 0.1) is 29.6 Å². The fourth-order valence-electron chi connectivity index (χ4n) is 4.74. The van der Waals surface area contributed by atoms with Gasteiger partial charge < -0.3 is 0 Å². The Hall–Kier alpha value is -1.11. The van der Waals surface area contributed by atoms with E-state index in [1.807, 2.05) is 12.4 Å². The Labute approximate surface area is 103 Å². The second-order valence-electron chi connectivity index (χ2n) is 6.13. The highest BCUT2D eigenvalue weighted by molar-refractivity contribution is 5.17. The van der Waals surface area contributed by atoms with Crippen LogP contribution in [-0.4, -0.2) is 4.98 Å². The molecule has 2 saturated carbocycles. The maximum Gasteiger partial charge on any atom is 0.0299 e. The average molecular weight is 225 g/mol. The highest BCUT2D eigenvalue weighted by atomic mass is 14.6. The van der Waals surface area contributed by atoms with E-state index in [0.29, 0.717) is 0 Å². The maximum absolute atomic E-state index is 4.24. The molecule has 5 unspecified atom stereocenters. The van der Waals surface area contributed by atoms with Gasteiger partial charge in [0.1, 0.15) is 0 Å². The quantitative estimate of drug-likeness (QED) is 0.702. The van der Waals surface area contributed by atoms with Crippen molar-refractivity contribution in [1.29, 1.82) is 0 Å².